The number of hydrogen-bond donors (Lipinski definition) is 3. The molecule has 5 N–H and O–H groups in total. The Balaban J connectivity index is 1.27. The molecule has 5 rings (SSSR count). The van der Waals surface area contributed by atoms with E-state index in [0.717, 1.165) is 35.5 Å². The van der Waals surface area contributed by atoms with Crippen LogP contribution < -0.4 is 16.8 Å². The summed E-state index contributed by atoms with van der Waals surface area (Å²) in [6.45, 7) is 2.46. The summed E-state index contributed by atoms with van der Waals surface area (Å²) >= 11 is 0. The van der Waals surface area contributed by atoms with Gasteiger partial charge in [-0.15, -0.1) is 0 Å². The zero-order valence-corrected chi connectivity index (χ0v) is 19.2. The molecule has 3 heterocycles. The van der Waals surface area contributed by atoms with Crippen LogP contribution in [-0.4, -0.2) is 81.9 Å². The van der Waals surface area contributed by atoms with Crippen molar-refractivity contribution >= 4 is 29.8 Å². The van der Waals surface area contributed by atoms with Crippen LogP contribution in [0, 0.1) is 5.41 Å². The Kier molecular flexibility index (Phi) is 5.12. The number of nitrogens with zero attached hydrogens (tertiary/aromatic N) is 3. The highest BCUT2D eigenvalue weighted by atomic mass is 16.5. The van der Waals surface area contributed by atoms with Crippen LogP contribution in [-0.2, 0) is 19.1 Å². The molecule has 0 atom stereocenters. The number of rotatable bonds is 4. The normalized spacial score (nSPS) is 32.9. The SMILES string of the molecule is CCCN1C(=O)C(=C(N)N)C(=O)N(C2CCC3(CC2)CC(N2C(=O)NC(=O)C24COC4)C3)C1=O. The lowest BCUT2D eigenvalue weighted by molar-refractivity contribution is -0.167. The third-order valence-corrected chi connectivity index (χ3v) is 8.15. The van der Waals surface area contributed by atoms with Gasteiger partial charge in [-0.05, 0) is 50.4 Å². The first kappa shape index (κ1) is 22.6. The van der Waals surface area contributed by atoms with Crippen molar-refractivity contribution in [1.82, 2.24) is 20.0 Å². The molecule has 2 saturated carbocycles. The fraction of sp³-hybridized carbons (Fsp3) is 0.682. The molecule has 0 radical (unpaired) electrons. The summed E-state index contributed by atoms with van der Waals surface area (Å²) in [6, 6.07) is -1.36. The molecule has 0 aromatic carbocycles. The van der Waals surface area contributed by atoms with Gasteiger partial charge in [0.1, 0.15) is 11.4 Å². The minimum Gasteiger partial charge on any atom is -0.385 e. The maximum absolute atomic E-state index is 13.1. The molecule has 2 spiro atoms. The summed E-state index contributed by atoms with van der Waals surface area (Å²) in [5.74, 6) is -2.14. The van der Waals surface area contributed by atoms with Crippen molar-refractivity contribution in [3.8, 4) is 0 Å². The summed E-state index contributed by atoms with van der Waals surface area (Å²) in [6.07, 6.45) is 4.82. The lowest BCUT2D eigenvalue weighted by Crippen LogP contribution is -2.69. The van der Waals surface area contributed by atoms with Crippen LogP contribution in [0.2, 0.25) is 0 Å². The largest absolute Gasteiger partial charge is 0.385 e. The van der Waals surface area contributed by atoms with Gasteiger partial charge in [-0.1, -0.05) is 6.92 Å². The van der Waals surface area contributed by atoms with Crippen molar-refractivity contribution < 1.29 is 28.7 Å². The Morgan fingerprint density at radius 1 is 1.03 bits per heavy atom. The highest BCUT2D eigenvalue weighted by molar-refractivity contribution is 6.29. The predicted octanol–water partition coefficient (Wildman–Crippen LogP) is -0.272. The third kappa shape index (κ3) is 3.04. The van der Waals surface area contributed by atoms with Crippen LogP contribution in [0.4, 0.5) is 9.59 Å². The van der Waals surface area contributed by atoms with Crippen molar-refractivity contribution in [2.24, 2.45) is 16.9 Å². The van der Waals surface area contributed by atoms with Crippen LogP contribution in [0.25, 0.3) is 0 Å². The van der Waals surface area contributed by atoms with E-state index in [0.29, 0.717) is 19.3 Å². The molecule has 7 amide bonds. The molecule has 0 unspecified atom stereocenters. The van der Waals surface area contributed by atoms with Crippen LogP contribution in [0.3, 0.4) is 0 Å². The standard InChI is InChI=1S/C22H30N6O6/c1-2-7-26-16(29)14(15(23)24)17(30)27(20(26)33)12-3-5-21(6-4-12)8-13(9-21)28-19(32)25-18(31)22(28)10-34-11-22/h12-13H,2-11,23-24H2,1H3,(H,25,31,32). The summed E-state index contributed by atoms with van der Waals surface area (Å²) in [7, 11) is 0. The maximum atomic E-state index is 13.1. The molecule has 12 heteroatoms. The first-order valence-corrected chi connectivity index (χ1v) is 11.8. The minimum atomic E-state index is -0.868. The number of urea groups is 2. The van der Waals surface area contributed by atoms with Crippen molar-refractivity contribution in [2.75, 3.05) is 19.8 Å². The molecule has 184 valence electrons. The fourth-order valence-corrected chi connectivity index (χ4v) is 6.30. The Hall–Kier alpha value is -3.15. The highest BCUT2D eigenvalue weighted by Gasteiger charge is 2.63. The first-order chi connectivity index (χ1) is 16.1. The number of nitrogens with one attached hydrogen (secondary N) is 1. The molecule has 12 nitrogen and oxygen atoms in total. The molecule has 0 aromatic heterocycles. The van der Waals surface area contributed by atoms with Crippen LogP contribution in [0.1, 0.15) is 51.9 Å². The Morgan fingerprint density at radius 3 is 2.21 bits per heavy atom. The van der Waals surface area contributed by atoms with Gasteiger partial charge in [0.2, 0.25) is 0 Å². The van der Waals surface area contributed by atoms with E-state index in [1.165, 1.54) is 0 Å². The van der Waals surface area contributed by atoms with E-state index in [9.17, 15) is 24.0 Å². The van der Waals surface area contributed by atoms with Gasteiger partial charge in [0.05, 0.1) is 13.2 Å². The topological polar surface area (TPSA) is 168 Å². The second kappa shape index (κ2) is 7.69. The quantitative estimate of drug-likeness (QED) is 0.284. The van der Waals surface area contributed by atoms with Gasteiger partial charge in [0.25, 0.3) is 17.7 Å². The lowest BCUT2D eigenvalue weighted by Gasteiger charge is -2.57. The zero-order chi connectivity index (χ0) is 24.4. The van der Waals surface area contributed by atoms with E-state index in [4.69, 9.17) is 16.2 Å². The molecule has 5 fully saturated rings. The van der Waals surface area contributed by atoms with Crippen LogP contribution in [0.15, 0.2) is 11.4 Å². The van der Waals surface area contributed by atoms with Gasteiger partial charge < -0.3 is 21.1 Å². The Morgan fingerprint density at radius 2 is 1.68 bits per heavy atom. The van der Waals surface area contributed by atoms with Gasteiger partial charge in [0, 0.05) is 18.6 Å². The fourth-order valence-electron chi connectivity index (χ4n) is 6.30. The van der Waals surface area contributed by atoms with Crippen molar-refractivity contribution in [1.29, 1.82) is 0 Å². The number of nitrogens with two attached hydrogens (primary N) is 2. The molecule has 2 aliphatic carbocycles. The van der Waals surface area contributed by atoms with Gasteiger partial charge in [-0.2, -0.15) is 0 Å². The van der Waals surface area contributed by atoms with Gasteiger partial charge in [-0.25, -0.2) is 9.59 Å². The van der Waals surface area contributed by atoms with E-state index in [2.05, 4.69) is 5.32 Å². The van der Waals surface area contributed by atoms with Crippen molar-refractivity contribution in [3.05, 3.63) is 11.4 Å². The maximum Gasteiger partial charge on any atom is 0.334 e. The first-order valence-electron chi connectivity index (χ1n) is 11.8. The summed E-state index contributed by atoms with van der Waals surface area (Å²) < 4.78 is 5.25. The minimum absolute atomic E-state index is 0.00521. The Bertz CT molecular complexity index is 999. The zero-order valence-electron chi connectivity index (χ0n) is 19.2. The molecular weight excluding hydrogens is 444 g/mol. The van der Waals surface area contributed by atoms with Gasteiger partial charge in [-0.3, -0.25) is 29.5 Å². The second-order valence-corrected chi connectivity index (χ2v) is 10.2. The van der Waals surface area contributed by atoms with Crippen molar-refractivity contribution in [2.45, 2.75) is 69.5 Å². The number of carbonyl (C=O) groups is 5. The molecule has 0 bridgehead atoms. The lowest BCUT2D eigenvalue weighted by atomic mass is 9.57. The molecule has 3 saturated heterocycles. The van der Waals surface area contributed by atoms with Crippen LogP contribution >= 0.6 is 0 Å². The average Bonchev–Trinajstić information content (AvgIpc) is 2.99. The molecule has 3 aliphatic heterocycles. The third-order valence-electron chi connectivity index (χ3n) is 8.15. The van der Waals surface area contributed by atoms with E-state index in [1.54, 1.807) is 4.90 Å². The van der Waals surface area contributed by atoms with Crippen molar-refractivity contribution in [3.63, 3.8) is 0 Å². The number of amides is 7. The molecule has 5 aliphatic rings. The predicted molar refractivity (Wildman–Crippen MR) is 116 cm³/mol. The highest BCUT2D eigenvalue weighted by Crippen LogP contribution is 2.55. The van der Waals surface area contributed by atoms with E-state index >= 15 is 0 Å². The van der Waals surface area contributed by atoms with E-state index < -0.39 is 23.4 Å². The number of barbiturate groups is 1. The average molecular weight is 475 g/mol. The van der Waals surface area contributed by atoms with Gasteiger partial charge >= 0.3 is 12.1 Å². The van der Waals surface area contributed by atoms with Crippen LogP contribution in [0.5, 0.6) is 0 Å². The molecule has 0 aromatic rings. The smallest absolute Gasteiger partial charge is 0.334 e. The summed E-state index contributed by atoms with van der Waals surface area (Å²) in [5, 5.41) is 2.42. The number of hydrogen-bond acceptors (Lipinski definition) is 8. The molecular formula is C22H30N6O6. The number of carbonyl (C=O) groups excluding carboxylic acids is 5. The summed E-state index contributed by atoms with van der Waals surface area (Å²) in [5.41, 5.74) is 10.1. The van der Waals surface area contributed by atoms with Gasteiger partial charge in [0.15, 0.2) is 5.54 Å². The Labute approximate surface area is 196 Å². The second-order valence-electron chi connectivity index (χ2n) is 10.2. The monoisotopic (exact) mass is 474 g/mol. The van der Waals surface area contributed by atoms with E-state index in [1.807, 2.05) is 6.92 Å². The number of ether oxygens (including phenoxy) is 1. The van der Waals surface area contributed by atoms with E-state index in [-0.39, 0.29) is 60.6 Å². The number of imide groups is 3. The summed E-state index contributed by atoms with van der Waals surface area (Å²) in [4.78, 5) is 67.3. The molecule has 34 heavy (non-hydrogen) atoms.